The summed E-state index contributed by atoms with van der Waals surface area (Å²) in [5.41, 5.74) is 2.30. The third kappa shape index (κ3) is 6.47. The Kier molecular flexibility index (Phi) is 7.97. The maximum absolute atomic E-state index is 13.0. The molecule has 3 aromatic rings. The fourth-order valence-corrected chi connectivity index (χ4v) is 4.19. The van der Waals surface area contributed by atoms with Crippen LogP contribution in [0.1, 0.15) is 64.4 Å². The summed E-state index contributed by atoms with van der Waals surface area (Å²) in [6, 6.07) is 23.8. The summed E-state index contributed by atoms with van der Waals surface area (Å²) in [5, 5.41) is 0. The summed E-state index contributed by atoms with van der Waals surface area (Å²) in [6.07, 6.45) is 4.23. The molecular weight excluding hydrogens is 428 g/mol. The van der Waals surface area contributed by atoms with Gasteiger partial charge >= 0.3 is 11.9 Å². The molecule has 34 heavy (non-hydrogen) atoms. The van der Waals surface area contributed by atoms with Gasteiger partial charge in [0.15, 0.2) is 0 Å². The fraction of sp³-hybridized carbons (Fsp3) is 0.310. The molecule has 1 fully saturated rings. The third-order valence-electron chi connectivity index (χ3n) is 6.04. The van der Waals surface area contributed by atoms with Crippen molar-refractivity contribution in [2.24, 2.45) is 5.92 Å². The zero-order valence-corrected chi connectivity index (χ0v) is 19.4. The van der Waals surface area contributed by atoms with Crippen LogP contribution in [0, 0.1) is 5.92 Å². The van der Waals surface area contributed by atoms with Crippen LogP contribution in [-0.4, -0.2) is 18.0 Å². The first-order valence-electron chi connectivity index (χ1n) is 11.8. The Morgan fingerprint density at radius 3 is 2.03 bits per heavy atom. The minimum absolute atomic E-state index is 0.0419. The van der Waals surface area contributed by atoms with E-state index in [1.165, 1.54) is 12.5 Å². The van der Waals surface area contributed by atoms with Crippen molar-refractivity contribution in [3.63, 3.8) is 0 Å². The highest BCUT2D eigenvalue weighted by Crippen LogP contribution is 2.30. The van der Waals surface area contributed by atoms with Crippen LogP contribution >= 0.6 is 0 Å². The predicted octanol–water partition coefficient (Wildman–Crippen LogP) is 6.36. The highest BCUT2D eigenvalue weighted by molar-refractivity contribution is 5.97. The van der Waals surface area contributed by atoms with Crippen LogP contribution in [0.25, 0.3) is 0 Å². The van der Waals surface area contributed by atoms with Crippen LogP contribution in [0.15, 0.2) is 78.9 Å². The number of hydrogen-bond acceptors (Lipinski definition) is 5. The SMILES string of the molecule is CC1CCCC(Oc2ccc(C(=O)OCc3ccccc3)cc2C(=O)OCc2ccccc2)C1. The average molecular weight is 459 g/mol. The van der Waals surface area contributed by atoms with Gasteiger partial charge in [0.2, 0.25) is 0 Å². The molecule has 0 saturated heterocycles. The first-order chi connectivity index (χ1) is 16.6. The molecule has 1 saturated carbocycles. The minimum Gasteiger partial charge on any atom is -0.490 e. The van der Waals surface area contributed by atoms with Crippen LogP contribution in [0.3, 0.4) is 0 Å². The summed E-state index contributed by atoms with van der Waals surface area (Å²) >= 11 is 0. The molecule has 3 aromatic carbocycles. The number of ether oxygens (including phenoxy) is 3. The maximum atomic E-state index is 13.0. The van der Waals surface area contributed by atoms with Gasteiger partial charge in [0.1, 0.15) is 24.5 Å². The molecule has 0 radical (unpaired) electrons. The van der Waals surface area contributed by atoms with E-state index in [-0.39, 0.29) is 30.4 Å². The molecule has 1 aliphatic carbocycles. The Balaban J connectivity index is 1.51. The van der Waals surface area contributed by atoms with Crippen LogP contribution in [-0.2, 0) is 22.7 Å². The van der Waals surface area contributed by atoms with Crippen molar-refractivity contribution in [1.29, 1.82) is 0 Å². The zero-order chi connectivity index (χ0) is 23.8. The Labute approximate surface area is 200 Å². The largest absolute Gasteiger partial charge is 0.490 e. The van der Waals surface area contributed by atoms with E-state index < -0.39 is 11.9 Å². The first kappa shape index (κ1) is 23.6. The molecular formula is C29H30O5. The lowest BCUT2D eigenvalue weighted by atomic mass is 9.88. The molecule has 0 amide bonds. The second-order valence-corrected chi connectivity index (χ2v) is 8.85. The molecule has 0 spiro atoms. The number of carbonyl (C=O) groups is 2. The summed E-state index contributed by atoms with van der Waals surface area (Å²) in [4.78, 5) is 25.7. The van der Waals surface area contributed by atoms with E-state index in [1.807, 2.05) is 60.7 Å². The first-order valence-corrected chi connectivity index (χ1v) is 11.8. The Hall–Kier alpha value is -3.60. The van der Waals surface area contributed by atoms with Crippen molar-refractivity contribution >= 4 is 11.9 Å². The van der Waals surface area contributed by atoms with Crippen molar-refractivity contribution in [2.75, 3.05) is 0 Å². The van der Waals surface area contributed by atoms with Gasteiger partial charge in [0.05, 0.1) is 11.7 Å². The molecule has 176 valence electrons. The van der Waals surface area contributed by atoms with Gasteiger partial charge in [-0.05, 0) is 54.5 Å². The van der Waals surface area contributed by atoms with Crippen LogP contribution in [0.5, 0.6) is 5.75 Å². The van der Waals surface area contributed by atoms with Gasteiger partial charge in [-0.15, -0.1) is 0 Å². The lowest BCUT2D eigenvalue weighted by molar-refractivity contribution is 0.0460. The van der Waals surface area contributed by atoms with E-state index in [0.717, 1.165) is 30.4 Å². The van der Waals surface area contributed by atoms with Crippen LogP contribution in [0.2, 0.25) is 0 Å². The van der Waals surface area contributed by atoms with Crippen LogP contribution < -0.4 is 4.74 Å². The van der Waals surface area contributed by atoms with E-state index in [2.05, 4.69) is 6.92 Å². The number of esters is 2. The van der Waals surface area contributed by atoms with E-state index >= 15 is 0 Å². The van der Waals surface area contributed by atoms with E-state index in [4.69, 9.17) is 14.2 Å². The molecule has 0 bridgehead atoms. The number of carbonyl (C=O) groups excluding carboxylic acids is 2. The summed E-state index contributed by atoms with van der Waals surface area (Å²) in [6.45, 7) is 2.52. The molecule has 2 atom stereocenters. The second kappa shape index (κ2) is 11.5. The predicted molar refractivity (Wildman–Crippen MR) is 130 cm³/mol. The van der Waals surface area contributed by atoms with Gasteiger partial charge in [-0.2, -0.15) is 0 Å². The number of rotatable bonds is 8. The summed E-state index contributed by atoms with van der Waals surface area (Å²) in [7, 11) is 0. The van der Waals surface area contributed by atoms with Gasteiger partial charge in [-0.3, -0.25) is 0 Å². The van der Waals surface area contributed by atoms with Crippen molar-refractivity contribution in [2.45, 2.75) is 51.9 Å². The molecule has 0 heterocycles. The smallest absolute Gasteiger partial charge is 0.342 e. The number of hydrogen-bond donors (Lipinski definition) is 0. The molecule has 5 heteroatoms. The topological polar surface area (TPSA) is 61.8 Å². The van der Waals surface area contributed by atoms with Crippen molar-refractivity contribution in [1.82, 2.24) is 0 Å². The van der Waals surface area contributed by atoms with E-state index in [0.29, 0.717) is 11.7 Å². The third-order valence-corrected chi connectivity index (χ3v) is 6.04. The Morgan fingerprint density at radius 2 is 1.41 bits per heavy atom. The maximum Gasteiger partial charge on any atom is 0.342 e. The highest BCUT2D eigenvalue weighted by atomic mass is 16.5. The highest BCUT2D eigenvalue weighted by Gasteiger charge is 2.24. The quantitative estimate of drug-likeness (QED) is 0.368. The van der Waals surface area contributed by atoms with Gasteiger partial charge in [-0.25, -0.2) is 9.59 Å². The molecule has 0 aromatic heterocycles. The number of benzene rings is 3. The monoisotopic (exact) mass is 458 g/mol. The zero-order valence-electron chi connectivity index (χ0n) is 19.4. The molecule has 0 aliphatic heterocycles. The van der Waals surface area contributed by atoms with Gasteiger partial charge < -0.3 is 14.2 Å². The van der Waals surface area contributed by atoms with E-state index in [9.17, 15) is 9.59 Å². The van der Waals surface area contributed by atoms with Crippen molar-refractivity contribution < 1.29 is 23.8 Å². The van der Waals surface area contributed by atoms with Crippen molar-refractivity contribution in [3.05, 3.63) is 101 Å². The Morgan fingerprint density at radius 1 is 0.794 bits per heavy atom. The molecule has 5 nitrogen and oxygen atoms in total. The summed E-state index contributed by atoms with van der Waals surface area (Å²) < 4.78 is 17.2. The van der Waals surface area contributed by atoms with Crippen LogP contribution in [0.4, 0.5) is 0 Å². The van der Waals surface area contributed by atoms with Gasteiger partial charge in [0.25, 0.3) is 0 Å². The average Bonchev–Trinajstić information content (AvgIpc) is 2.87. The fourth-order valence-electron chi connectivity index (χ4n) is 4.19. The second-order valence-electron chi connectivity index (χ2n) is 8.85. The standard InChI is InChI=1S/C29H30O5/c1-21-9-8-14-25(17-21)34-27-16-15-24(28(30)32-19-22-10-4-2-5-11-22)18-26(27)29(31)33-20-23-12-6-3-7-13-23/h2-7,10-13,15-16,18,21,25H,8-9,14,17,19-20H2,1H3. The molecule has 1 aliphatic rings. The molecule has 0 N–H and O–H groups in total. The summed E-state index contributed by atoms with van der Waals surface area (Å²) in [5.74, 6) is -0.00420. The molecule has 4 rings (SSSR count). The lowest BCUT2D eigenvalue weighted by Crippen LogP contribution is -2.25. The van der Waals surface area contributed by atoms with Gasteiger partial charge in [0, 0.05) is 0 Å². The normalized spacial score (nSPS) is 17.6. The molecule has 2 unspecified atom stereocenters. The lowest BCUT2D eigenvalue weighted by Gasteiger charge is -2.28. The van der Waals surface area contributed by atoms with Crippen molar-refractivity contribution in [3.8, 4) is 5.75 Å². The Bertz CT molecular complexity index is 1090. The van der Waals surface area contributed by atoms with Gasteiger partial charge in [-0.1, -0.05) is 74.0 Å². The van der Waals surface area contributed by atoms with E-state index in [1.54, 1.807) is 12.1 Å². The minimum atomic E-state index is -0.527.